The highest BCUT2D eigenvalue weighted by Gasteiger charge is 2.23. The van der Waals surface area contributed by atoms with Crippen molar-refractivity contribution < 1.29 is 14.0 Å². The smallest absolute Gasteiger partial charge is 0.273 e. The third-order valence-corrected chi connectivity index (χ3v) is 4.48. The summed E-state index contributed by atoms with van der Waals surface area (Å²) in [4.78, 5) is 31.0. The summed E-state index contributed by atoms with van der Waals surface area (Å²) in [6, 6.07) is 9.22. The maximum Gasteiger partial charge on any atom is 0.273 e. The van der Waals surface area contributed by atoms with Gasteiger partial charge in [0.2, 0.25) is 5.89 Å². The summed E-state index contributed by atoms with van der Waals surface area (Å²) < 4.78 is 5.45. The van der Waals surface area contributed by atoms with Gasteiger partial charge in [0.05, 0.1) is 6.54 Å². The number of carbonyl (C=O) groups excluding carboxylic acids is 2. The van der Waals surface area contributed by atoms with Gasteiger partial charge in [-0.15, -0.1) is 0 Å². The molecular weight excluding hydrogens is 330 g/mol. The second-order valence-electron chi connectivity index (χ2n) is 6.47. The molecule has 1 aromatic carbocycles. The first-order valence-corrected chi connectivity index (χ1v) is 9.07. The van der Waals surface area contributed by atoms with E-state index in [-0.39, 0.29) is 36.1 Å². The van der Waals surface area contributed by atoms with Crippen LogP contribution >= 0.6 is 0 Å². The molecule has 2 unspecified atom stereocenters. The SMILES string of the molecule is CCC(C)NC(=O)c1coc(CN(C(=O)c2ccccc2)C(C)CC)n1. The predicted molar refractivity (Wildman–Crippen MR) is 99.8 cm³/mol. The van der Waals surface area contributed by atoms with Gasteiger partial charge >= 0.3 is 0 Å². The van der Waals surface area contributed by atoms with Crippen molar-refractivity contribution in [2.45, 2.75) is 59.2 Å². The van der Waals surface area contributed by atoms with Crippen LogP contribution in [-0.4, -0.2) is 33.8 Å². The van der Waals surface area contributed by atoms with E-state index in [1.165, 1.54) is 6.26 Å². The Balaban J connectivity index is 2.14. The van der Waals surface area contributed by atoms with Crippen LogP contribution in [0.5, 0.6) is 0 Å². The molecule has 6 heteroatoms. The minimum absolute atomic E-state index is 0.0204. The van der Waals surface area contributed by atoms with Gasteiger partial charge in [-0.3, -0.25) is 9.59 Å². The van der Waals surface area contributed by atoms with Crippen molar-refractivity contribution in [2.75, 3.05) is 0 Å². The maximum atomic E-state index is 12.9. The molecule has 1 N–H and O–H groups in total. The molecule has 0 radical (unpaired) electrons. The average Bonchev–Trinajstić information content (AvgIpc) is 3.14. The molecule has 0 aliphatic heterocycles. The van der Waals surface area contributed by atoms with E-state index < -0.39 is 0 Å². The molecule has 2 amide bonds. The van der Waals surface area contributed by atoms with E-state index in [2.05, 4.69) is 10.3 Å². The van der Waals surface area contributed by atoms with Crippen LogP contribution in [0.15, 0.2) is 41.0 Å². The van der Waals surface area contributed by atoms with Crippen LogP contribution < -0.4 is 5.32 Å². The van der Waals surface area contributed by atoms with Crippen molar-refractivity contribution in [3.63, 3.8) is 0 Å². The summed E-state index contributed by atoms with van der Waals surface area (Å²) in [5.41, 5.74) is 0.852. The summed E-state index contributed by atoms with van der Waals surface area (Å²) in [7, 11) is 0. The van der Waals surface area contributed by atoms with Gasteiger partial charge in [0.1, 0.15) is 6.26 Å². The number of nitrogens with zero attached hydrogens (tertiary/aromatic N) is 2. The fourth-order valence-electron chi connectivity index (χ4n) is 2.43. The largest absolute Gasteiger partial charge is 0.446 e. The molecule has 1 heterocycles. The van der Waals surface area contributed by atoms with Gasteiger partial charge in [-0.1, -0.05) is 32.0 Å². The van der Waals surface area contributed by atoms with E-state index in [4.69, 9.17) is 4.42 Å². The van der Waals surface area contributed by atoms with E-state index in [1.54, 1.807) is 17.0 Å². The molecule has 0 spiro atoms. The second-order valence-corrected chi connectivity index (χ2v) is 6.47. The Kier molecular flexibility index (Phi) is 6.95. The monoisotopic (exact) mass is 357 g/mol. The first kappa shape index (κ1) is 19.7. The number of carbonyl (C=O) groups is 2. The average molecular weight is 357 g/mol. The molecule has 1 aromatic heterocycles. The molecule has 0 fully saturated rings. The van der Waals surface area contributed by atoms with Gasteiger partial charge in [-0.05, 0) is 38.8 Å². The lowest BCUT2D eigenvalue weighted by atomic mass is 10.1. The predicted octanol–water partition coefficient (Wildman–Crippen LogP) is 3.64. The van der Waals surface area contributed by atoms with Crippen molar-refractivity contribution in [1.82, 2.24) is 15.2 Å². The zero-order valence-electron chi connectivity index (χ0n) is 15.9. The standard InChI is InChI=1S/C20H27N3O3/c1-5-14(3)21-19(24)17-13-26-18(22-17)12-23(15(4)6-2)20(25)16-10-8-7-9-11-16/h7-11,13-15H,5-6,12H2,1-4H3,(H,21,24). The highest BCUT2D eigenvalue weighted by Crippen LogP contribution is 2.15. The third kappa shape index (κ3) is 4.94. The summed E-state index contributed by atoms with van der Waals surface area (Å²) in [6.45, 7) is 8.16. The third-order valence-electron chi connectivity index (χ3n) is 4.48. The Bertz CT molecular complexity index is 727. The Morgan fingerprint density at radius 1 is 1.15 bits per heavy atom. The number of hydrogen-bond acceptors (Lipinski definition) is 4. The lowest BCUT2D eigenvalue weighted by Gasteiger charge is -2.27. The van der Waals surface area contributed by atoms with E-state index in [0.29, 0.717) is 11.5 Å². The van der Waals surface area contributed by atoms with Crippen LogP contribution in [0.1, 0.15) is 67.3 Å². The Labute approximate surface area is 154 Å². The fraction of sp³-hybridized carbons (Fsp3) is 0.450. The lowest BCUT2D eigenvalue weighted by Crippen LogP contribution is -2.38. The van der Waals surface area contributed by atoms with Crippen molar-refractivity contribution >= 4 is 11.8 Å². The minimum atomic E-state index is -0.265. The number of amides is 2. The highest BCUT2D eigenvalue weighted by molar-refractivity contribution is 5.94. The summed E-state index contributed by atoms with van der Waals surface area (Å²) in [6.07, 6.45) is 2.99. The number of oxazole rings is 1. The lowest BCUT2D eigenvalue weighted by molar-refractivity contribution is 0.0652. The zero-order valence-corrected chi connectivity index (χ0v) is 15.9. The van der Waals surface area contributed by atoms with Crippen LogP contribution in [0.2, 0.25) is 0 Å². The molecule has 6 nitrogen and oxygen atoms in total. The van der Waals surface area contributed by atoms with Gasteiger partial charge < -0.3 is 14.6 Å². The zero-order chi connectivity index (χ0) is 19.1. The molecule has 0 aliphatic carbocycles. The van der Waals surface area contributed by atoms with Crippen molar-refractivity contribution in [2.24, 2.45) is 0 Å². The fourth-order valence-corrected chi connectivity index (χ4v) is 2.43. The second kappa shape index (κ2) is 9.17. The molecule has 0 bridgehead atoms. The number of nitrogens with one attached hydrogen (secondary N) is 1. The normalized spacial score (nSPS) is 13.1. The molecule has 0 aliphatic rings. The minimum Gasteiger partial charge on any atom is -0.446 e. The van der Waals surface area contributed by atoms with Crippen molar-refractivity contribution in [3.8, 4) is 0 Å². The maximum absolute atomic E-state index is 12.9. The topological polar surface area (TPSA) is 75.4 Å². The number of hydrogen-bond donors (Lipinski definition) is 1. The quantitative estimate of drug-likeness (QED) is 0.782. The van der Waals surface area contributed by atoms with Gasteiger partial charge in [0.25, 0.3) is 11.8 Å². The van der Waals surface area contributed by atoms with Crippen molar-refractivity contribution in [3.05, 3.63) is 53.7 Å². The molecule has 0 saturated carbocycles. The number of aromatic nitrogens is 1. The van der Waals surface area contributed by atoms with E-state index in [1.807, 2.05) is 45.9 Å². The van der Waals surface area contributed by atoms with Crippen molar-refractivity contribution in [1.29, 1.82) is 0 Å². The van der Waals surface area contributed by atoms with E-state index in [9.17, 15) is 9.59 Å². The van der Waals surface area contributed by atoms with Gasteiger partial charge in [0, 0.05) is 17.6 Å². The molecule has 2 atom stereocenters. The Morgan fingerprint density at radius 2 is 1.85 bits per heavy atom. The number of benzene rings is 1. The van der Waals surface area contributed by atoms with Gasteiger partial charge in [-0.25, -0.2) is 4.98 Å². The van der Waals surface area contributed by atoms with E-state index in [0.717, 1.165) is 12.8 Å². The first-order valence-electron chi connectivity index (χ1n) is 9.07. The summed E-state index contributed by atoms with van der Waals surface area (Å²) >= 11 is 0. The molecule has 0 saturated heterocycles. The molecule has 140 valence electrons. The van der Waals surface area contributed by atoms with Crippen LogP contribution in [0.3, 0.4) is 0 Å². The molecule has 2 aromatic rings. The molecule has 2 rings (SSSR count). The van der Waals surface area contributed by atoms with E-state index >= 15 is 0 Å². The molecule has 26 heavy (non-hydrogen) atoms. The van der Waals surface area contributed by atoms with Crippen LogP contribution in [0, 0.1) is 0 Å². The van der Waals surface area contributed by atoms with Crippen LogP contribution in [0.25, 0.3) is 0 Å². The Hall–Kier alpha value is -2.63. The molecular formula is C20H27N3O3. The van der Waals surface area contributed by atoms with Gasteiger partial charge in [-0.2, -0.15) is 0 Å². The van der Waals surface area contributed by atoms with Crippen LogP contribution in [0.4, 0.5) is 0 Å². The Morgan fingerprint density at radius 3 is 2.46 bits per heavy atom. The van der Waals surface area contributed by atoms with Gasteiger partial charge in [0.15, 0.2) is 5.69 Å². The summed E-state index contributed by atoms with van der Waals surface area (Å²) in [5.74, 6) is 0.00599. The first-order chi connectivity index (χ1) is 12.5. The highest BCUT2D eigenvalue weighted by atomic mass is 16.3. The van der Waals surface area contributed by atoms with Crippen LogP contribution in [-0.2, 0) is 6.54 Å². The number of rotatable bonds is 8. The summed E-state index contributed by atoms with van der Waals surface area (Å²) in [5, 5.41) is 2.85.